The van der Waals surface area contributed by atoms with Crippen molar-refractivity contribution in [3.63, 3.8) is 0 Å². The van der Waals surface area contributed by atoms with Crippen LogP contribution in [0.3, 0.4) is 0 Å². The number of nitriles is 1. The Morgan fingerprint density at radius 1 is 1.57 bits per heavy atom. The second-order valence-electron chi connectivity index (χ2n) is 5.70. The van der Waals surface area contributed by atoms with Crippen molar-refractivity contribution >= 4 is 11.4 Å². The van der Waals surface area contributed by atoms with Gasteiger partial charge in [0.2, 0.25) is 0 Å². The summed E-state index contributed by atoms with van der Waals surface area (Å²) < 4.78 is 0. The van der Waals surface area contributed by atoms with Gasteiger partial charge in [0.15, 0.2) is 0 Å². The molecule has 0 spiro atoms. The SMILES string of the molecule is CC(Nc1ccc([N+](=O)[O-])cc1C#N)C1CCCN(C)C1. The fourth-order valence-corrected chi connectivity index (χ4v) is 2.84. The van der Waals surface area contributed by atoms with Gasteiger partial charge in [-0.05, 0) is 45.3 Å². The van der Waals surface area contributed by atoms with E-state index in [1.54, 1.807) is 6.07 Å². The van der Waals surface area contributed by atoms with E-state index in [1.807, 2.05) is 6.07 Å². The van der Waals surface area contributed by atoms with Gasteiger partial charge in [0.05, 0.1) is 16.2 Å². The van der Waals surface area contributed by atoms with E-state index in [-0.39, 0.29) is 11.7 Å². The predicted molar refractivity (Wildman–Crippen MR) is 81.1 cm³/mol. The Morgan fingerprint density at radius 2 is 2.33 bits per heavy atom. The summed E-state index contributed by atoms with van der Waals surface area (Å²) in [6.45, 7) is 4.26. The summed E-state index contributed by atoms with van der Waals surface area (Å²) in [6.07, 6.45) is 2.34. The van der Waals surface area contributed by atoms with Gasteiger partial charge < -0.3 is 10.2 Å². The van der Waals surface area contributed by atoms with Crippen LogP contribution in [0.15, 0.2) is 18.2 Å². The molecule has 1 N–H and O–H groups in total. The molecule has 0 saturated carbocycles. The molecular weight excluding hydrogens is 268 g/mol. The van der Waals surface area contributed by atoms with Gasteiger partial charge >= 0.3 is 0 Å². The van der Waals surface area contributed by atoms with Crippen LogP contribution in [0.1, 0.15) is 25.3 Å². The maximum absolute atomic E-state index is 10.8. The first-order valence-corrected chi connectivity index (χ1v) is 7.15. The minimum atomic E-state index is -0.482. The van der Waals surface area contributed by atoms with E-state index < -0.39 is 4.92 Å². The molecule has 0 radical (unpaired) electrons. The monoisotopic (exact) mass is 288 g/mol. The molecule has 112 valence electrons. The number of likely N-dealkylation sites (tertiary alicyclic amines) is 1. The average Bonchev–Trinajstić information content (AvgIpc) is 2.47. The van der Waals surface area contributed by atoms with E-state index in [9.17, 15) is 10.1 Å². The Bertz CT molecular complexity index is 567. The highest BCUT2D eigenvalue weighted by molar-refractivity contribution is 5.61. The van der Waals surface area contributed by atoms with Crippen LogP contribution in [-0.4, -0.2) is 36.0 Å². The first-order chi connectivity index (χ1) is 10.0. The molecule has 0 amide bonds. The van der Waals surface area contributed by atoms with Crippen molar-refractivity contribution in [2.45, 2.75) is 25.8 Å². The first-order valence-electron chi connectivity index (χ1n) is 7.15. The van der Waals surface area contributed by atoms with Crippen LogP contribution in [0.25, 0.3) is 0 Å². The number of piperidine rings is 1. The Kier molecular flexibility index (Phi) is 4.76. The lowest BCUT2D eigenvalue weighted by molar-refractivity contribution is -0.384. The van der Waals surface area contributed by atoms with Crippen LogP contribution >= 0.6 is 0 Å². The molecule has 2 rings (SSSR count). The van der Waals surface area contributed by atoms with Crippen LogP contribution in [0.2, 0.25) is 0 Å². The van der Waals surface area contributed by atoms with Gasteiger partial charge in [-0.1, -0.05) is 0 Å². The standard InChI is InChI=1S/C15H20N4O2/c1-11(12-4-3-7-18(2)10-12)17-15-6-5-14(19(20)21)8-13(15)9-16/h5-6,8,11-12,17H,3-4,7,10H2,1-2H3. The Balaban J connectivity index is 2.11. The van der Waals surface area contributed by atoms with E-state index >= 15 is 0 Å². The fourth-order valence-electron chi connectivity index (χ4n) is 2.84. The molecular formula is C15H20N4O2. The zero-order chi connectivity index (χ0) is 15.4. The highest BCUT2D eigenvalue weighted by Crippen LogP contribution is 2.25. The Morgan fingerprint density at radius 3 is 2.95 bits per heavy atom. The highest BCUT2D eigenvalue weighted by Gasteiger charge is 2.23. The van der Waals surface area contributed by atoms with Crippen molar-refractivity contribution in [1.82, 2.24) is 4.90 Å². The number of hydrogen-bond donors (Lipinski definition) is 1. The quantitative estimate of drug-likeness (QED) is 0.680. The molecule has 1 aliphatic heterocycles. The second-order valence-corrected chi connectivity index (χ2v) is 5.70. The summed E-state index contributed by atoms with van der Waals surface area (Å²) in [5, 5.41) is 23.3. The average molecular weight is 288 g/mol. The summed E-state index contributed by atoms with van der Waals surface area (Å²) in [5.74, 6) is 0.519. The number of benzene rings is 1. The molecule has 1 aliphatic rings. The summed E-state index contributed by atoms with van der Waals surface area (Å²) in [5.41, 5.74) is 0.936. The maximum atomic E-state index is 10.8. The fraction of sp³-hybridized carbons (Fsp3) is 0.533. The molecule has 0 aromatic heterocycles. The molecule has 2 unspecified atom stereocenters. The van der Waals surface area contributed by atoms with Crippen LogP contribution < -0.4 is 5.32 Å². The van der Waals surface area contributed by atoms with Crippen molar-refractivity contribution in [2.75, 3.05) is 25.5 Å². The summed E-state index contributed by atoms with van der Waals surface area (Å²) in [4.78, 5) is 12.6. The zero-order valence-electron chi connectivity index (χ0n) is 12.4. The summed E-state index contributed by atoms with van der Waals surface area (Å²) in [6, 6.07) is 6.63. The van der Waals surface area contributed by atoms with Gasteiger partial charge in [-0.2, -0.15) is 5.26 Å². The zero-order valence-corrected chi connectivity index (χ0v) is 12.4. The van der Waals surface area contributed by atoms with Crippen molar-refractivity contribution in [1.29, 1.82) is 5.26 Å². The van der Waals surface area contributed by atoms with Gasteiger partial charge in [0.1, 0.15) is 6.07 Å². The number of nitro benzene ring substituents is 1. The van der Waals surface area contributed by atoms with Crippen LogP contribution in [-0.2, 0) is 0 Å². The molecule has 6 heteroatoms. The number of rotatable bonds is 4. The molecule has 0 bridgehead atoms. The normalized spacial score (nSPS) is 20.5. The molecule has 0 aliphatic carbocycles. The molecule has 1 aromatic rings. The van der Waals surface area contributed by atoms with Gasteiger partial charge in [-0.15, -0.1) is 0 Å². The topological polar surface area (TPSA) is 82.2 Å². The van der Waals surface area contributed by atoms with Crippen molar-refractivity contribution in [2.24, 2.45) is 5.92 Å². The lowest BCUT2D eigenvalue weighted by Crippen LogP contribution is -2.39. The second kappa shape index (κ2) is 6.55. The minimum absolute atomic E-state index is 0.0536. The minimum Gasteiger partial charge on any atom is -0.381 e. The first kappa shape index (κ1) is 15.3. The molecule has 21 heavy (non-hydrogen) atoms. The van der Waals surface area contributed by atoms with Crippen molar-refractivity contribution < 1.29 is 4.92 Å². The number of hydrogen-bond acceptors (Lipinski definition) is 5. The lowest BCUT2D eigenvalue weighted by Gasteiger charge is -2.34. The number of nitrogens with zero attached hydrogens (tertiary/aromatic N) is 3. The molecule has 2 atom stereocenters. The van der Waals surface area contributed by atoms with Crippen molar-refractivity contribution in [3.8, 4) is 6.07 Å². The maximum Gasteiger partial charge on any atom is 0.270 e. The van der Waals surface area contributed by atoms with Crippen LogP contribution in [0.4, 0.5) is 11.4 Å². The summed E-state index contributed by atoms with van der Waals surface area (Å²) >= 11 is 0. The number of nitro groups is 1. The van der Waals surface area contributed by atoms with Crippen LogP contribution in [0.5, 0.6) is 0 Å². The molecule has 6 nitrogen and oxygen atoms in total. The third-order valence-electron chi connectivity index (χ3n) is 4.09. The smallest absolute Gasteiger partial charge is 0.270 e. The molecule has 1 fully saturated rings. The van der Waals surface area contributed by atoms with E-state index in [4.69, 9.17) is 5.26 Å². The highest BCUT2D eigenvalue weighted by atomic mass is 16.6. The molecule has 1 aromatic carbocycles. The predicted octanol–water partition coefficient (Wildman–Crippen LogP) is 2.61. The van der Waals surface area contributed by atoms with Gasteiger partial charge in [0.25, 0.3) is 5.69 Å². The van der Waals surface area contributed by atoms with E-state index in [0.717, 1.165) is 19.5 Å². The van der Waals surface area contributed by atoms with Gasteiger partial charge in [-0.3, -0.25) is 10.1 Å². The van der Waals surface area contributed by atoms with E-state index in [0.29, 0.717) is 17.2 Å². The molecule has 1 saturated heterocycles. The van der Waals surface area contributed by atoms with Crippen molar-refractivity contribution in [3.05, 3.63) is 33.9 Å². The third kappa shape index (κ3) is 3.70. The Hall–Kier alpha value is -2.13. The van der Waals surface area contributed by atoms with E-state index in [2.05, 4.69) is 24.2 Å². The largest absolute Gasteiger partial charge is 0.381 e. The number of non-ortho nitro benzene ring substituents is 1. The van der Waals surface area contributed by atoms with Gasteiger partial charge in [0, 0.05) is 24.7 Å². The van der Waals surface area contributed by atoms with E-state index in [1.165, 1.54) is 18.6 Å². The lowest BCUT2D eigenvalue weighted by atomic mass is 9.91. The third-order valence-corrected chi connectivity index (χ3v) is 4.09. The summed E-state index contributed by atoms with van der Waals surface area (Å²) in [7, 11) is 2.12. The van der Waals surface area contributed by atoms with Crippen LogP contribution in [0, 0.1) is 27.4 Å². The number of nitrogens with one attached hydrogen (secondary N) is 1. The molecule has 1 heterocycles. The Labute approximate surface area is 124 Å². The number of anilines is 1. The van der Waals surface area contributed by atoms with Gasteiger partial charge in [-0.25, -0.2) is 0 Å².